The Bertz CT molecular complexity index is 1440. The van der Waals surface area contributed by atoms with E-state index < -0.39 is 34.4 Å². The molecule has 0 aliphatic carbocycles. The number of piperidine rings is 1. The molecule has 14 heteroatoms. The topological polar surface area (TPSA) is 105 Å². The second kappa shape index (κ2) is 10.3. The molecule has 194 valence electrons. The van der Waals surface area contributed by atoms with Crippen LogP contribution in [0.15, 0.2) is 36.9 Å². The lowest BCUT2D eigenvalue weighted by Crippen LogP contribution is -2.42. The molecule has 3 aromatic rings. The number of aromatic nitrogens is 4. The van der Waals surface area contributed by atoms with Gasteiger partial charge in [-0.05, 0) is 31.4 Å². The van der Waals surface area contributed by atoms with Gasteiger partial charge in [-0.25, -0.2) is 27.7 Å². The average molecular weight is 547 g/mol. The molecule has 9 nitrogen and oxygen atoms in total. The van der Waals surface area contributed by atoms with E-state index in [0.29, 0.717) is 30.3 Å². The van der Waals surface area contributed by atoms with Gasteiger partial charge in [0.25, 0.3) is 0 Å². The molecular formula is C22H25ClF3N7O2S. The van der Waals surface area contributed by atoms with E-state index in [1.54, 1.807) is 18.2 Å². The Balaban J connectivity index is 1.61. The number of benzene rings is 1. The van der Waals surface area contributed by atoms with E-state index in [2.05, 4.69) is 25.6 Å². The summed E-state index contributed by atoms with van der Waals surface area (Å²) in [6.45, 7) is -1.88. The number of hydrogen-bond acceptors (Lipinski definition) is 7. The van der Waals surface area contributed by atoms with E-state index in [1.165, 1.54) is 21.4 Å². The van der Waals surface area contributed by atoms with Crippen molar-refractivity contribution in [2.75, 3.05) is 31.6 Å². The summed E-state index contributed by atoms with van der Waals surface area (Å²) in [5.41, 5.74) is -0.733. The Kier molecular flexibility index (Phi) is 6.44. The summed E-state index contributed by atoms with van der Waals surface area (Å²) in [4.78, 5) is 12.1. The van der Waals surface area contributed by atoms with Gasteiger partial charge in [0.1, 0.15) is 23.3 Å². The molecule has 1 fully saturated rings. The third-order valence-electron chi connectivity index (χ3n) is 5.79. The summed E-state index contributed by atoms with van der Waals surface area (Å²) in [6, 6.07) is 4.66. The minimum absolute atomic E-state index is 0.0406. The Hall–Kier alpha value is -2.74. The number of hydrogen-bond donors (Lipinski definition) is 2. The first-order chi connectivity index (χ1) is 18.1. The predicted octanol–water partition coefficient (Wildman–Crippen LogP) is 3.56. The fourth-order valence-electron chi connectivity index (χ4n) is 3.94. The third kappa shape index (κ3) is 5.80. The Morgan fingerprint density at radius 2 is 2.00 bits per heavy atom. The minimum Gasteiger partial charge on any atom is -0.351 e. The molecule has 0 bridgehead atoms. The first-order valence-corrected chi connectivity index (χ1v) is 13.1. The second-order valence-corrected chi connectivity index (χ2v) is 10.7. The number of halogens is 4. The van der Waals surface area contributed by atoms with Crippen molar-refractivity contribution in [3.05, 3.63) is 53.1 Å². The maximum atomic E-state index is 13.8. The maximum absolute atomic E-state index is 13.8. The highest BCUT2D eigenvalue weighted by Crippen LogP contribution is 2.36. The van der Waals surface area contributed by atoms with Crippen LogP contribution in [-0.4, -0.2) is 64.6 Å². The Morgan fingerprint density at radius 1 is 1.25 bits per heavy atom. The van der Waals surface area contributed by atoms with Gasteiger partial charge in [0.2, 0.25) is 16.0 Å². The van der Waals surface area contributed by atoms with E-state index in [9.17, 15) is 21.6 Å². The van der Waals surface area contributed by atoms with Crippen LogP contribution >= 0.6 is 11.6 Å². The van der Waals surface area contributed by atoms with Gasteiger partial charge >= 0.3 is 6.18 Å². The summed E-state index contributed by atoms with van der Waals surface area (Å²) in [5, 5.41) is 5.58. The van der Waals surface area contributed by atoms with Gasteiger partial charge in [-0.15, -0.1) is 0 Å². The van der Waals surface area contributed by atoms with E-state index in [-0.39, 0.29) is 42.3 Å². The van der Waals surface area contributed by atoms with E-state index in [1.807, 2.05) is 0 Å². The van der Waals surface area contributed by atoms with Crippen LogP contribution in [0.25, 0.3) is 17.1 Å². The second-order valence-electron chi connectivity index (χ2n) is 8.30. The average Bonchev–Trinajstić information content (AvgIpc) is 3.32. The zero-order valence-electron chi connectivity index (χ0n) is 22.0. The van der Waals surface area contributed by atoms with Crippen molar-refractivity contribution in [3.8, 4) is 17.1 Å². The Morgan fingerprint density at radius 3 is 2.67 bits per heavy atom. The van der Waals surface area contributed by atoms with Crippen molar-refractivity contribution in [2.24, 2.45) is 0 Å². The van der Waals surface area contributed by atoms with Gasteiger partial charge < -0.3 is 15.2 Å². The number of alkyl halides is 3. The third-order valence-corrected chi connectivity index (χ3v) is 7.53. The van der Waals surface area contributed by atoms with Crippen LogP contribution in [-0.2, 0) is 22.7 Å². The Labute approximate surface area is 216 Å². The monoisotopic (exact) mass is 546 g/mol. The van der Waals surface area contributed by atoms with Gasteiger partial charge in [0, 0.05) is 42.2 Å². The first kappa shape index (κ1) is 22.5. The summed E-state index contributed by atoms with van der Waals surface area (Å²) < 4.78 is 89.6. The van der Waals surface area contributed by atoms with Crippen LogP contribution in [0.5, 0.6) is 0 Å². The van der Waals surface area contributed by atoms with Crippen molar-refractivity contribution in [1.82, 2.24) is 29.1 Å². The summed E-state index contributed by atoms with van der Waals surface area (Å²) in [6.07, 6.45) is 0.560. The molecule has 2 N–H and O–H groups in total. The predicted molar refractivity (Wildman–Crippen MR) is 130 cm³/mol. The quantitative estimate of drug-likeness (QED) is 0.467. The smallest absolute Gasteiger partial charge is 0.351 e. The fraction of sp³-hybridized carbons (Fsp3) is 0.409. The largest absolute Gasteiger partial charge is 0.420 e. The van der Waals surface area contributed by atoms with Crippen molar-refractivity contribution in [1.29, 1.82) is 0 Å². The van der Waals surface area contributed by atoms with E-state index in [4.69, 9.17) is 15.7 Å². The summed E-state index contributed by atoms with van der Waals surface area (Å²) >= 11 is 6.47. The maximum Gasteiger partial charge on any atom is 0.420 e. The first-order valence-electron chi connectivity index (χ1n) is 12.3. The molecule has 0 saturated carbocycles. The van der Waals surface area contributed by atoms with Crippen LogP contribution in [0.3, 0.4) is 0 Å². The molecular weight excluding hydrogens is 519 g/mol. The van der Waals surface area contributed by atoms with Crippen LogP contribution in [0, 0.1) is 0 Å². The fourth-order valence-corrected chi connectivity index (χ4v) is 5.11. The van der Waals surface area contributed by atoms with Crippen molar-refractivity contribution in [3.63, 3.8) is 0 Å². The van der Waals surface area contributed by atoms with Gasteiger partial charge in [0.05, 0.1) is 17.0 Å². The molecule has 1 aliphatic rings. The highest BCUT2D eigenvalue weighted by Gasteiger charge is 2.36. The SMILES string of the molecule is [2H]C([2H])([2H])NCc1cccc(-n2cnc(-c3nc(NC4CCN(S(C)(=O)=O)CC4)ncc3C(F)(F)F)c2)c1Cl. The highest BCUT2D eigenvalue weighted by molar-refractivity contribution is 7.88. The van der Waals surface area contributed by atoms with E-state index in [0.717, 1.165) is 6.26 Å². The molecule has 4 rings (SSSR count). The molecule has 2 aromatic heterocycles. The van der Waals surface area contributed by atoms with Gasteiger partial charge in [-0.2, -0.15) is 13.2 Å². The van der Waals surface area contributed by atoms with Crippen LogP contribution in [0.2, 0.25) is 5.02 Å². The zero-order chi connectivity index (χ0) is 28.6. The molecule has 36 heavy (non-hydrogen) atoms. The number of sulfonamides is 1. The zero-order valence-corrected chi connectivity index (χ0v) is 20.6. The van der Waals surface area contributed by atoms with Gasteiger partial charge in [-0.3, -0.25) is 0 Å². The van der Waals surface area contributed by atoms with Crippen molar-refractivity contribution >= 4 is 27.6 Å². The highest BCUT2D eigenvalue weighted by atomic mass is 35.5. The lowest BCUT2D eigenvalue weighted by molar-refractivity contribution is -0.137. The standard InChI is InChI=1S/C22H25ClF3N7O2S/c1-27-10-14-4-3-5-18(19(14)23)32-12-17(29-13-32)20-16(22(24,25)26)11-28-21(31-20)30-15-6-8-33(9-7-15)36(2,34)35/h3-5,11-13,15,27H,6-10H2,1-2H3,(H,28,30,31)/i1D3. The molecule has 0 radical (unpaired) electrons. The van der Waals surface area contributed by atoms with Gasteiger partial charge in [-0.1, -0.05) is 23.7 Å². The molecule has 0 unspecified atom stereocenters. The summed E-state index contributed by atoms with van der Waals surface area (Å²) in [7, 11) is -3.32. The van der Waals surface area contributed by atoms with Crippen LogP contribution < -0.4 is 10.6 Å². The van der Waals surface area contributed by atoms with E-state index >= 15 is 0 Å². The summed E-state index contributed by atoms with van der Waals surface area (Å²) in [5.74, 6) is -0.0406. The minimum atomic E-state index is -4.75. The molecule has 1 saturated heterocycles. The normalized spacial score (nSPS) is 17.4. The molecule has 0 amide bonds. The van der Waals surface area contributed by atoms with Crippen molar-refractivity contribution in [2.45, 2.75) is 31.6 Å². The molecule has 1 aliphatic heterocycles. The lowest BCUT2D eigenvalue weighted by atomic mass is 10.1. The van der Waals surface area contributed by atoms with Crippen LogP contribution in [0.4, 0.5) is 19.1 Å². The number of nitrogens with zero attached hydrogens (tertiary/aromatic N) is 5. The number of rotatable bonds is 7. The van der Waals surface area contributed by atoms with Gasteiger partial charge in [0.15, 0.2) is 0 Å². The van der Waals surface area contributed by atoms with Crippen LogP contribution in [0.1, 0.15) is 28.1 Å². The molecule has 1 aromatic carbocycles. The molecule has 3 heterocycles. The molecule has 0 spiro atoms. The number of imidazole rings is 1. The number of nitrogens with one attached hydrogen (secondary N) is 2. The van der Waals surface area contributed by atoms with Crippen molar-refractivity contribution < 1.29 is 25.7 Å². The number of anilines is 1. The molecule has 0 atom stereocenters. The lowest BCUT2D eigenvalue weighted by Gasteiger charge is -2.30.